The lowest BCUT2D eigenvalue weighted by atomic mass is 9.95. The third-order valence-electron chi connectivity index (χ3n) is 6.91. The van der Waals surface area contributed by atoms with Crippen LogP contribution >= 0.6 is 0 Å². The molecule has 4 rings (SSSR count). The van der Waals surface area contributed by atoms with Crippen molar-refractivity contribution in [1.82, 2.24) is 10.6 Å². The summed E-state index contributed by atoms with van der Waals surface area (Å²) in [5, 5.41) is 8.80. The molecule has 0 spiro atoms. The zero-order valence-electron chi connectivity index (χ0n) is 22.3. The van der Waals surface area contributed by atoms with Crippen LogP contribution in [0, 0.1) is 0 Å². The fourth-order valence-electron chi connectivity index (χ4n) is 5.12. The number of fused-ring (bicyclic) bond motifs is 3. The van der Waals surface area contributed by atoms with E-state index in [-0.39, 0.29) is 35.6 Å². The number of benzene rings is 1. The quantitative estimate of drug-likeness (QED) is 0.456. The van der Waals surface area contributed by atoms with Crippen molar-refractivity contribution in [3.05, 3.63) is 45.6 Å². The maximum Gasteiger partial charge on any atom is 0.239 e. The van der Waals surface area contributed by atoms with Gasteiger partial charge in [0.25, 0.3) is 0 Å². The minimum absolute atomic E-state index is 0.0376. The number of nitrogens with one attached hydrogen (secondary N) is 3. The Morgan fingerprint density at radius 3 is 2.50 bits per heavy atom. The highest BCUT2D eigenvalue weighted by atomic mass is 16.5. The summed E-state index contributed by atoms with van der Waals surface area (Å²) in [4.78, 5) is 37.8. The van der Waals surface area contributed by atoms with E-state index in [0.717, 1.165) is 36.1 Å². The first-order valence-electron chi connectivity index (χ1n) is 12.8. The van der Waals surface area contributed by atoms with Gasteiger partial charge in [-0.1, -0.05) is 6.07 Å². The van der Waals surface area contributed by atoms with E-state index in [0.29, 0.717) is 42.2 Å². The molecule has 2 aromatic carbocycles. The van der Waals surface area contributed by atoms with Crippen LogP contribution in [0.1, 0.15) is 43.4 Å². The van der Waals surface area contributed by atoms with E-state index in [1.54, 1.807) is 20.3 Å². The summed E-state index contributed by atoms with van der Waals surface area (Å²) in [6.45, 7) is 2.56. The number of hydrogen-bond acceptors (Lipinski definition) is 8. The van der Waals surface area contributed by atoms with Crippen LogP contribution in [-0.2, 0) is 20.7 Å². The van der Waals surface area contributed by atoms with E-state index in [1.165, 1.54) is 20.1 Å². The van der Waals surface area contributed by atoms with Crippen molar-refractivity contribution in [3.8, 4) is 28.4 Å². The van der Waals surface area contributed by atoms with Gasteiger partial charge in [0.2, 0.25) is 23.0 Å². The van der Waals surface area contributed by atoms with Gasteiger partial charge in [-0.25, -0.2) is 0 Å². The molecular formula is C28H35N3O7. The summed E-state index contributed by atoms with van der Waals surface area (Å²) in [6.07, 6.45) is 3.14. The van der Waals surface area contributed by atoms with E-state index in [2.05, 4.69) is 16.0 Å². The van der Waals surface area contributed by atoms with E-state index in [1.807, 2.05) is 12.1 Å². The first kappa shape index (κ1) is 27.3. The Balaban J connectivity index is 1.73. The molecule has 0 aromatic heterocycles. The number of anilines is 1. The summed E-state index contributed by atoms with van der Waals surface area (Å²) in [7, 11) is 4.65. The first-order valence-corrected chi connectivity index (χ1v) is 12.8. The maximum absolute atomic E-state index is 13.3. The monoisotopic (exact) mass is 525 g/mol. The Morgan fingerprint density at radius 1 is 1.05 bits per heavy atom. The highest BCUT2D eigenvalue weighted by molar-refractivity contribution is 5.84. The lowest BCUT2D eigenvalue weighted by Crippen LogP contribution is -2.36. The first-order chi connectivity index (χ1) is 18.4. The van der Waals surface area contributed by atoms with E-state index >= 15 is 0 Å². The van der Waals surface area contributed by atoms with E-state index in [9.17, 15) is 14.4 Å². The Labute approximate surface area is 222 Å². The lowest BCUT2D eigenvalue weighted by molar-refractivity contribution is -0.120. The van der Waals surface area contributed by atoms with Crippen molar-refractivity contribution in [2.45, 2.75) is 44.8 Å². The number of aryl methyl sites for hydroxylation is 1. The minimum Gasteiger partial charge on any atom is -0.493 e. The summed E-state index contributed by atoms with van der Waals surface area (Å²) in [5.41, 5.74) is 3.07. The number of carbonyl (C=O) groups excluding carboxylic acids is 2. The van der Waals surface area contributed by atoms with Gasteiger partial charge in [0, 0.05) is 25.6 Å². The minimum atomic E-state index is -0.403. The number of methoxy groups -OCH3 is 3. The number of ether oxygens (including phenoxy) is 4. The maximum atomic E-state index is 13.3. The molecule has 204 valence electrons. The summed E-state index contributed by atoms with van der Waals surface area (Å²) in [5.74, 6) is 1.02. The van der Waals surface area contributed by atoms with Crippen LogP contribution in [0.2, 0.25) is 0 Å². The SMILES string of the molecule is COc1cc2c(c(OC)c1OC)-c1ccc(NCC(=O)NCC3CCCO3)c(=O)cc1[C@@H](NC(C)=O)CC2. The number of rotatable bonds is 9. The fourth-order valence-corrected chi connectivity index (χ4v) is 5.12. The van der Waals surface area contributed by atoms with Gasteiger partial charge in [0.1, 0.15) is 0 Å². The lowest BCUT2D eigenvalue weighted by Gasteiger charge is -2.19. The standard InChI is InChI=1S/C28H35N3O7/c1-16(32)31-21-9-7-17-12-24(35-2)27(36-3)28(37-4)26(17)19-8-10-22(23(33)13-20(19)21)29-15-25(34)30-14-18-6-5-11-38-18/h8,10,12-13,18,21H,5-7,9,11,14-15H2,1-4H3,(H,29,33)(H,30,34)(H,31,32)/t18?,21-/m0/s1. The predicted molar refractivity (Wildman–Crippen MR) is 143 cm³/mol. The van der Waals surface area contributed by atoms with Gasteiger partial charge in [-0.2, -0.15) is 0 Å². The summed E-state index contributed by atoms with van der Waals surface area (Å²) >= 11 is 0. The molecule has 1 aliphatic carbocycles. The van der Waals surface area contributed by atoms with Gasteiger partial charge in [-0.15, -0.1) is 0 Å². The zero-order chi connectivity index (χ0) is 27.2. The molecule has 2 aromatic rings. The molecule has 10 heteroatoms. The van der Waals surface area contributed by atoms with Crippen LogP contribution in [0.3, 0.4) is 0 Å². The molecule has 38 heavy (non-hydrogen) atoms. The summed E-state index contributed by atoms with van der Waals surface area (Å²) < 4.78 is 22.5. The van der Waals surface area contributed by atoms with E-state index in [4.69, 9.17) is 18.9 Å². The van der Waals surface area contributed by atoms with Crippen LogP contribution in [0.4, 0.5) is 5.69 Å². The number of carbonyl (C=O) groups is 2. The third kappa shape index (κ3) is 5.85. The molecule has 1 unspecified atom stereocenters. The second-order valence-electron chi connectivity index (χ2n) is 9.39. The smallest absolute Gasteiger partial charge is 0.239 e. The molecule has 2 aliphatic rings. The molecule has 0 radical (unpaired) electrons. The molecule has 1 aliphatic heterocycles. The molecule has 0 saturated carbocycles. The highest BCUT2D eigenvalue weighted by Crippen LogP contribution is 2.50. The fraction of sp³-hybridized carbons (Fsp3) is 0.464. The highest BCUT2D eigenvalue weighted by Gasteiger charge is 2.29. The third-order valence-corrected chi connectivity index (χ3v) is 6.91. The Hall–Kier alpha value is -3.79. The van der Waals surface area contributed by atoms with Crippen LogP contribution in [-0.4, -0.2) is 58.9 Å². The van der Waals surface area contributed by atoms with Crippen LogP contribution < -0.4 is 35.6 Å². The van der Waals surface area contributed by atoms with Crippen LogP contribution in [0.15, 0.2) is 29.1 Å². The molecule has 2 atom stereocenters. The largest absolute Gasteiger partial charge is 0.493 e. The van der Waals surface area contributed by atoms with Crippen LogP contribution in [0.25, 0.3) is 11.1 Å². The van der Waals surface area contributed by atoms with Gasteiger partial charge < -0.3 is 34.9 Å². The average Bonchev–Trinajstić information content (AvgIpc) is 3.32. The topological polar surface area (TPSA) is 124 Å². The second kappa shape index (κ2) is 12.2. The van der Waals surface area contributed by atoms with Crippen LogP contribution in [0.5, 0.6) is 17.2 Å². The average molecular weight is 526 g/mol. The molecule has 1 heterocycles. The number of amides is 2. The molecule has 1 saturated heterocycles. The van der Waals surface area contributed by atoms with Crippen molar-refractivity contribution in [2.24, 2.45) is 0 Å². The van der Waals surface area contributed by atoms with Gasteiger partial charge in [-0.3, -0.25) is 14.4 Å². The van der Waals surface area contributed by atoms with Crippen molar-refractivity contribution in [3.63, 3.8) is 0 Å². The van der Waals surface area contributed by atoms with Crippen molar-refractivity contribution in [2.75, 3.05) is 46.3 Å². The molecule has 3 N–H and O–H groups in total. The Morgan fingerprint density at radius 2 is 1.84 bits per heavy atom. The van der Waals surface area contributed by atoms with Gasteiger partial charge in [0.15, 0.2) is 11.5 Å². The Kier molecular flexibility index (Phi) is 8.73. The molecule has 0 bridgehead atoms. The van der Waals surface area contributed by atoms with Gasteiger partial charge in [-0.05, 0) is 60.6 Å². The zero-order valence-corrected chi connectivity index (χ0v) is 22.3. The van der Waals surface area contributed by atoms with E-state index < -0.39 is 6.04 Å². The molecule has 2 amide bonds. The van der Waals surface area contributed by atoms with Crippen molar-refractivity contribution in [1.29, 1.82) is 0 Å². The van der Waals surface area contributed by atoms with Gasteiger partial charge in [0.05, 0.1) is 45.7 Å². The second-order valence-corrected chi connectivity index (χ2v) is 9.39. The predicted octanol–water partition coefficient (Wildman–Crippen LogP) is 2.57. The van der Waals surface area contributed by atoms with Gasteiger partial charge >= 0.3 is 0 Å². The van der Waals surface area contributed by atoms with Crippen molar-refractivity contribution < 1.29 is 28.5 Å². The molecule has 1 fully saturated rings. The molecule has 10 nitrogen and oxygen atoms in total. The molecular weight excluding hydrogens is 490 g/mol. The normalized spacial score (nSPS) is 17.9. The van der Waals surface area contributed by atoms with Crippen molar-refractivity contribution >= 4 is 17.5 Å². The number of hydrogen-bond donors (Lipinski definition) is 3. The Bertz CT molecular complexity index is 1260. The summed E-state index contributed by atoms with van der Waals surface area (Å²) in [6, 6.07) is 6.49.